The van der Waals surface area contributed by atoms with Crippen molar-refractivity contribution in [2.24, 2.45) is 11.1 Å². The third-order valence-corrected chi connectivity index (χ3v) is 7.55. The molecule has 2 aromatic rings. The van der Waals surface area contributed by atoms with Crippen LogP contribution in [0.15, 0.2) is 59.5 Å². The molecule has 0 spiro atoms. The van der Waals surface area contributed by atoms with Crippen molar-refractivity contribution >= 4 is 9.84 Å². The monoisotopic (exact) mass is 345 g/mol. The smallest absolute Gasteiger partial charge is 0.182 e. The molecule has 128 valence electrons. The van der Waals surface area contributed by atoms with Crippen molar-refractivity contribution in [3.05, 3.63) is 65.7 Å². The third-order valence-electron chi connectivity index (χ3n) is 5.21. The summed E-state index contributed by atoms with van der Waals surface area (Å²) in [7, 11) is -3.55. The summed E-state index contributed by atoms with van der Waals surface area (Å²) in [5, 5.41) is 9.24. The van der Waals surface area contributed by atoms with Gasteiger partial charge in [0.25, 0.3) is 0 Å². The maximum Gasteiger partial charge on any atom is 0.182 e. The van der Waals surface area contributed by atoms with Gasteiger partial charge in [-0.2, -0.15) is 0 Å². The zero-order valence-electron chi connectivity index (χ0n) is 13.7. The molecule has 0 aliphatic heterocycles. The maximum absolute atomic E-state index is 13.1. The molecule has 0 saturated heterocycles. The average molecular weight is 345 g/mol. The number of benzene rings is 2. The van der Waals surface area contributed by atoms with Crippen LogP contribution in [0.5, 0.6) is 0 Å². The topological polar surface area (TPSA) is 80.4 Å². The Morgan fingerprint density at radius 1 is 1.08 bits per heavy atom. The minimum atomic E-state index is -3.55. The first-order valence-corrected chi connectivity index (χ1v) is 9.74. The largest absolute Gasteiger partial charge is 0.396 e. The maximum atomic E-state index is 13.1. The number of aryl methyl sites for hydroxylation is 1. The Balaban J connectivity index is 2.02. The van der Waals surface area contributed by atoms with E-state index in [1.165, 1.54) is 5.56 Å². The van der Waals surface area contributed by atoms with Gasteiger partial charge in [0, 0.05) is 17.9 Å². The lowest BCUT2D eigenvalue weighted by Gasteiger charge is -2.12. The van der Waals surface area contributed by atoms with Crippen LogP contribution < -0.4 is 5.73 Å². The molecule has 1 aliphatic rings. The highest BCUT2D eigenvalue weighted by Gasteiger charge is 2.70. The molecule has 0 bridgehead atoms. The quantitative estimate of drug-likeness (QED) is 0.840. The molecule has 3 atom stereocenters. The predicted octanol–water partition coefficient (Wildman–Crippen LogP) is 2.13. The van der Waals surface area contributed by atoms with Gasteiger partial charge in [-0.25, -0.2) is 8.42 Å². The Labute approximate surface area is 143 Å². The van der Waals surface area contributed by atoms with E-state index in [0.717, 1.165) is 12.0 Å². The van der Waals surface area contributed by atoms with E-state index < -0.39 is 20.5 Å². The van der Waals surface area contributed by atoms with Crippen molar-refractivity contribution in [1.82, 2.24) is 0 Å². The normalized spacial score (nSPS) is 26.3. The van der Waals surface area contributed by atoms with Crippen molar-refractivity contribution < 1.29 is 13.5 Å². The minimum absolute atomic E-state index is 0.139. The van der Waals surface area contributed by atoms with E-state index in [1.807, 2.05) is 24.3 Å². The molecule has 5 heteroatoms. The van der Waals surface area contributed by atoms with Gasteiger partial charge in [-0.3, -0.25) is 0 Å². The Bertz CT molecular complexity index is 796. The highest BCUT2D eigenvalue weighted by Crippen LogP contribution is 2.63. The average Bonchev–Trinajstić information content (AvgIpc) is 3.33. The van der Waals surface area contributed by atoms with Crippen LogP contribution in [0, 0.1) is 5.41 Å². The van der Waals surface area contributed by atoms with E-state index in [4.69, 9.17) is 5.73 Å². The SMILES string of the molecule is CCc1ccc([C@H]2[C@@H](S(=O)(=O)c3ccccc3)[C@@]2(CN)CO)cc1. The molecule has 0 amide bonds. The number of aliphatic hydroxyl groups is 1. The fraction of sp³-hybridized carbons (Fsp3) is 0.368. The van der Waals surface area contributed by atoms with Crippen molar-refractivity contribution in [3.8, 4) is 0 Å². The fourth-order valence-electron chi connectivity index (χ4n) is 3.66. The molecule has 3 N–H and O–H groups in total. The third kappa shape index (κ3) is 2.57. The van der Waals surface area contributed by atoms with Crippen LogP contribution in [0.1, 0.15) is 24.0 Å². The van der Waals surface area contributed by atoms with Gasteiger partial charge in [-0.15, -0.1) is 0 Å². The highest BCUT2D eigenvalue weighted by atomic mass is 32.2. The summed E-state index contributed by atoms with van der Waals surface area (Å²) in [5.74, 6) is -0.274. The summed E-state index contributed by atoms with van der Waals surface area (Å²) in [5.41, 5.74) is 7.23. The fourth-order valence-corrected chi connectivity index (χ4v) is 6.13. The summed E-state index contributed by atoms with van der Waals surface area (Å²) in [4.78, 5) is 0.286. The van der Waals surface area contributed by atoms with Gasteiger partial charge >= 0.3 is 0 Å². The van der Waals surface area contributed by atoms with E-state index in [0.29, 0.717) is 0 Å². The second-order valence-corrected chi connectivity index (χ2v) is 8.52. The lowest BCUT2D eigenvalue weighted by atomic mass is 9.99. The van der Waals surface area contributed by atoms with Crippen LogP contribution in [0.4, 0.5) is 0 Å². The summed E-state index contributed by atoms with van der Waals surface area (Å²) in [6.07, 6.45) is 0.929. The molecule has 4 nitrogen and oxygen atoms in total. The minimum Gasteiger partial charge on any atom is -0.396 e. The molecule has 3 rings (SSSR count). The van der Waals surface area contributed by atoms with Gasteiger partial charge < -0.3 is 10.8 Å². The summed E-state index contributed by atoms with van der Waals surface area (Å²) in [6.45, 7) is 1.98. The van der Waals surface area contributed by atoms with E-state index >= 15 is 0 Å². The first-order valence-electron chi connectivity index (χ1n) is 8.20. The standard InChI is InChI=1S/C19H23NO3S/c1-2-14-8-10-15(11-9-14)17-18(19(17,12-20)13-21)24(22,23)16-6-4-3-5-7-16/h3-11,17-18,21H,2,12-13,20H2,1H3/t17-,18+,19-/m0/s1. The summed E-state index contributed by atoms with van der Waals surface area (Å²) < 4.78 is 26.1. The number of hydrogen-bond acceptors (Lipinski definition) is 4. The first kappa shape index (κ1) is 17.1. The Kier molecular flexibility index (Phi) is 4.51. The van der Waals surface area contributed by atoms with Crippen LogP contribution in [0.25, 0.3) is 0 Å². The van der Waals surface area contributed by atoms with Gasteiger partial charge in [0.15, 0.2) is 9.84 Å². The summed E-state index contributed by atoms with van der Waals surface area (Å²) in [6, 6.07) is 16.4. The molecule has 1 fully saturated rings. The van der Waals surface area contributed by atoms with Crippen LogP contribution in [0.3, 0.4) is 0 Å². The van der Waals surface area contributed by atoms with Crippen LogP contribution in [-0.4, -0.2) is 31.9 Å². The Hall–Kier alpha value is -1.69. The van der Waals surface area contributed by atoms with Crippen molar-refractivity contribution in [3.63, 3.8) is 0 Å². The van der Waals surface area contributed by atoms with Gasteiger partial charge in [0.05, 0.1) is 16.8 Å². The van der Waals surface area contributed by atoms with E-state index in [-0.39, 0.29) is 24.0 Å². The second kappa shape index (κ2) is 6.31. The number of nitrogens with two attached hydrogens (primary N) is 1. The molecular formula is C19H23NO3S. The molecule has 1 aliphatic carbocycles. The number of rotatable bonds is 6. The Morgan fingerprint density at radius 3 is 2.21 bits per heavy atom. The van der Waals surface area contributed by atoms with Crippen LogP contribution >= 0.6 is 0 Å². The molecule has 0 radical (unpaired) electrons. The first-order chi connectivity index (χ1) is 11.5. The van der Waals surface area contributed by atoms with Crippen LogP contribution in [-0.2, 0) is 16.3 Å². The van der Waals surface area contributed by atoms with E-state index in [9.17, 15) is 13.5 Å². The van der Waals surface area contributed by atoms with Gasteiger partial charge in [-0.05, 0) is 29.7 Å². The zero-order chi connectivity index (χ0) is 17.4. The van der Waals surface area contributed by atoms with Gasteiger partial charge in [-0.1, -0.05) is 49.4 Å². The summed E-state index contributed by atoms with van der Waals surface area (Å²) >= 11 is 0. The van der Waals surface area contributed by atoms with Crippen molar-refractivity contribution in [1.29, 1.82) is 0 Å². The lowest BCUT2D eigenvalue weighted by Crippen LogP contribution is -2.27. The van der Waals surface area contributed by atoms with Gasteiger partial charge in [0.2, 0.25) is 0 Å². The number of sulfone groups is 1. The molecular weight excluding hydrogens is 322 g/mol. The van der Waals surface area contributed by atoms with Gasteiger partial charge in [0.1, 0.15) is 0 Å². The second-order valence-electron chi connectivity index (χ2n) is 6.45. The lowest BCUT2D eigenvalue weighted by molar-refractivity contribution is 0.212. The molecule has 0 heterocycles. The molecule has 2 aromatic carbocycles. The predicted molar refractivity (Wildman–Crippen MR) is 94.6 cm³/mol. The zero-order valence-corrected chi connectivity index (χ0v) is 14.5. The Morgan fingerprint density at radius 2 is 1.71 bits per heavy atom. The van der Waals surface area contributed by atoms with Crippen molar-refractivity contribution in [2.45, 2.75) is 29.4 Å². The van der Waals surface area contributed by atoms with E-state index in [1.54, 1.807) is 30.3 Å². The number of hydrogen-bond donors (Lipinski definition) is 2. The van der Waals surface area contributed by atoms with E-state index in [2.05, 4.69) is 6.92 Å². The molecule has 1 saturated carbocycles. The highest BCUT2D eigenvalue weighted by molar-refractivity contribution is 7.92. The molecule has 0 aromatic heterocycles. The number of aliphatic hydroxyl groups excluding tert-OH is 1. The molecule has 24 heavy (non-hydrogen) atoms. The van der Waals surface area contributed by atoms with Crippen LogP contribution in [0.2, 0.25) is 0 Å². The van der Waals surface area contributed by atoms with Crippen molar-refractivity contribution in [2.75, 3.05) is 13.2 Å². The molecule has 0 unspecified atom stereocenters.